The van der Waals surface area contributed by atoms with Crippen molar-refractivity contribution in [3.63, 3.8) is 0 Å². The molecule has 0 bridgehead atoms. The van der Waals surface area contributed by atoms with Crippen molar-refractivity contribution >= 4 is 16.9 Å². The summed E-state index contributed by atoms with van der Waals surface area (Å²) in [5.41, 5.74) is 2.58. The summed E-state index contributed by atoms with van der Waals surface area (Å²) in [6, 6.07) is 7.62. The maximum atomic E-state index is 12.3. The third-order valence-electron chi connectivity index (χ3n) is 4.05. The predicted octanol–water partition coefficient (Wildman–Crippen LogP) is 3.09. The van der Waals surface area contributed by atoms with E-state index in [1.54, 1.807) is 0 Å². The van der Waals surface area contributed by atoms with Gasteiger partial charge in [-0.05, 0) is 30.4 Å². The molecule has 0 spiro atoms. The van der Waals surface area contributed by atoms with Gasteiger partial charge in [-0.25, -0.2) is 0 Å². The maximum Gasteiger partial charge on any atom is 0.309 e. The molecular weight excluding hydrogens is 266 g/mol. The van der Waals surface area contributed by atoms with Crippen LogP contribution in [0.15, 0.2) is 29.1 Å². The van der Waals surface area contributed by atoms with Gasteiger partial charge >= 0.3 is 5.97 Å². The summed E-state index contributed by atoms with van der Waals surface area (Å²) < 4.78 is 2.10. The Hall–Kier alpha value is -2.10. The Morgan fingerprint density at radius 3 is 2.67 bits per heavy atom. The molecule has 1 fully saturated rings. The molecule has 0 amide bonds. The molecule has 4 nitrogen and oxygen atoms in total. The average Bonchev–Trinajstić information content (AvgIpc) is 3.22. The third-order valence-corrected chi connectivity index (χ3v) is 4.05. The van der Waals surface area contributed by atoms with Crippen molar-refractivity contribution in [2.75, 3.05) is 0 Å². The lowest BCUT2D eigenvalue weighted by molar-refractivity contribution is -0.136. The highest BCUT2D eigenvalue weighted by atomic mass is 16.4. The molecule has 3 rings (SSSR count). The van der Waals surface area contributed by atoms with Gasteiger partial charge in [0, 0.05) is 23.2 Å². The van der Waals surface area contributed by atoms with Crippen LogP contribution in [0.3, 0.4) is 0 Å². The fourth-order valence-electron chi connectivity index (χ4n) is 2.98. The van der Waals surface area contributed by atoms with Crippen LogP contribution in [0.1, 0.15) is 49.9 Å². The highest BCUT2D eigenvalue weighted by Gasteiger charge is 2.28. The molecule has 1 aliphatic carbocycles. The molecule has 0 radical (unpaired) electrons. The minimum Gasteiger partial charge on any atom is -0.481 e. The molecule has 1 N–H and O–H groups in total. The quantitative estimate of drug-likeness (QED) is 0.939. The van der Waals surface area contributed by atoms with Crippen LogP contribution in [0, 0.1) is 0 Å². The van der Waals surface area contributed by atoms with E-state index in [1.165, 1.54) is 6.07 Å². The Labute approximate surface area is 123 Å². The number of nitrogens with zero attached hydrogens (tertiary/aromatic N) is 1. The second-order valence-corrected chi connectivity index (χ2v) is 6.07. The van der Waals surface area contributed by atoms with Gasteiger partial charge in [-0.15, -0.1) is 0 Å². The fraction of sp³-hybridized carbons (Fsp3) is 0.412. The number of aromatic nitrogens is 1. The van der Waals surface area contributed by atoms with Gasteiger partial charge in [0.25, 0.3) is 0 Å². The number of carboxylic acids is 1. The first-order valence-corrected chi connectivity index (χ1v) is 7.38. The standard InChI is InChI=1S/C17H19NO3/c1-10(2)13-4-3-5-14-15(19)8-12(9-16(20)21)18(17(13)14)11-6-7-11/h3-5,8,10-11H,6-7,9H2,1-2H3,(H,20,21). The van der Waals surface area contributed by atoms with Crippen LogP contribution in [0.4, 0.5) is 0 Å². The molecule has 1 aromatic heterocycles. The van der Waals surface area contributed by atoms with E-state index in [0.717, 1.165) is 23.9 Å². The molecule has 1 saturated carbocycles. The van der Waals surface area contributed by atoms with Crippen LogP contribution in [0.25, 0.3) is 10.9 Å². The number of rotatable bonds is 4. The SMILES string of the molecule is CC(C)c1cccc2c(=O)cc(CC(=O)O)n(C3CC3)c12. The second-order valence-electron chi connectivity index (χ2n) is 6.07. The molecule has 4 heteroatoms. The number of carbonyl (C=O) groups is 1. The van der Waals surface area contributed by atoms with Gasteiger partial charge in [0.1, 0.15) is 0 Å². The first-order valence-electron chi connectivity index (χ1n) is 7.38. The lowest BCUT2D eigenvalue weighted by Crippen LogP contribution is -2.18. The Kier molecular flexibility index (Phi) is 3.32. The number of hydrogen-bond donors (Lipinski definition) is 1. The van der Waals surface area contributed by atoms with Crippen LogP contribution in [-0.4, -0.2) is 15.6 Å². The minimum atomic E-state index is -0.898. The molecule has 110 valence electrons. The lowest BCUT2D eigenvalue weighted by atomic mass is 9.98. The normalized spacial score (nSPS) is 14.8. The predicted molar refractivity (Wildman–Crippen MR) is 81.9 cm³/mol. The number of benzene rings is 1. The number of hydrogen-bond acceptors (Lipinski definition) is 2. The number of carboxylic acid groups (broad SMARTS) is 1. The van der Waals surface area contributed by atoms with Crippen LogP contribution < -0.4 is 5.43 Å². The highest BCUT2D eigenvalue weighted by Crippen LogP contribution is 2.39. The van der Waals surface area contributed by atoms with E-state index < -0.39 is 5.97 Å². The summed E-state index contributed by atoms with van der Waals surface area (Å²) in [5.74, 6) is -0.608. The Morgan fingerprint density at radius 2 is 2.10 bits per heavy atom. The minimum absolute atomic E-state index is 0.0827. The zero-order valence-electron chi connectivity index (χ0n) is 12.3. The Bertz CT molecular complexity index is 769. The number of pyridine rings is 1. The number of aliphatic carboxylic acids is 1. The van der Waals surface area contributed by atoms with Crippen LogP contribution >= 0.6 is 0 Å². The van der Waals surface area contributed by atoms with E-state index in [-0.39, 0.29) is 17.8 Å². The van der Waals surface area contributed by atoms with Crippen molar-refractivity contribution in [2.24, 2.45) is 0 Å². The average molecular weight is 285 g/mol. The van der Waals surface area contributed by atoms with Crippen molar-refractivity contribution in [3.05, 3.63) is 45.7 Å². The Balaban J connectivity index is 2.39. The van der Waals surface area contributed by atoms with Crippen molar-refractivity contribution < 1.29 is 9.90 Å². The van der Waals surface area contributed by atoms with E-state index in [2.05, 4.69) is 18.4 Å². The summed E-state index contributed by atoms with van der Waals surface area (Å²) in [5, 5.41) is 9.82. The van der Waals surface area contributed by atoms with Gasteiger partial charge in [0.05, 0.1) is 11.9 Å². The molecular formula is C17H19NO3. The molecule has 0 saturated heterocycles. The van der Waals surface area contributed by atoms with Gasteiger partial charge in [-0.3, -0.25) is 9.59 Å². The van der Waals surface area contributed by atoms with Crippen LogP contribution in [0.2, 0.25) is 0 Å². The van der Waals surface area contributed by atoms with Crippen LogP contribution in [-0.2, 0) is 11.2 Å². The maximum absolute atomic E-state index is 12.3. The zero-order valence-corrected chi connectivity index (χ0v) is 12.3. The van der Waals surface area contributed by atoms with E-state index >= 15 is 0 Å². The fourth-order valence-corrected chi connectivity index (χ4v) is 2.98. The Morgan fingerprint density at radius 1 is 1.38 bits per heavy atom. The van der Waals surface area contributed by atoms with E-state index in [4.69, 9.17) is 5.11 Å². The molecule has 0 aliphatic heterocycles. The highest BCUT2D eigenvalue weighted by molar-refractivity contribution is 5.84. The molecule has 1 heterocycles. The number of para-hydroxylation sites is 1. The summed E-state index contributed by atoms with van der Waals surface area (Å²) in [7, 11) is 0. The summed E-state index contributed by atoms with van der Waals surface area (Å²) in [4.78, 5) is 23.5. The molecule has 21 heavy (non-hydrogen) atoms. The van der Waals surface area contributed by atoms with Gasteiger partial charge < -0.3 is 9.67 Å². The molecule has 1 aromatic carbocycles. The van der Waals surface area contributed by atoms with Crippen molar-refractivity contribution in [3.8, 4) is 0 Å². The van der Waals surface area contributed by atoms with E-state index in [9.17, 15) is 9.59 Å². The topological polar surface area (TPSA) is 59.3 Å². The molecule has 2 aromatic rings. The monoisotopic (exact) mass is 285 g/mol. The van der Waals surface area contributed by atoms with Crippen LogP contribution in [0.5, 0.6) is 0 Å². The zero-order chi connectivity index (χ0) is 15.1. The van der Waals surface area contributed by atoms with Crippen molar-refractivity contribution in [2.45, 2.75) is 45.1 Å². The summed E-state index contributed by atoms with van der Waals surface area (Å²) >= 11 is 0. The lowest BCUT2D eigenvalue weighted by Gasteiger charge is -2.19. The van der Waals surface area contributed by atoms with E-state index in [1.807, 2.05) is 18.2 Å². The molecule has 1 aliphatic rings. The molecule has 0 unspecified atom stereocenters. The van der Waals surface area contributed by atoms with Gasteiger partial charge in [0.2, 0.25) is 0 Å². The van der Waals surface area contributed by atoms with Gasteiger partial charge in [0.15, 0.2) is 5.43 Å². The largest absolute Gasteiger partial charge is 0.481 e. The molecule has 0 atom stereocenters. The first kappa shape index (κ1) is 13.9. The summed E-state index contributed by atoms with van der Waals surface area (Å²) in [6.07, 6.45) is 2.00. The first-order chi connectivity index (χ1) is 9.99. The number of fused-ring (bicyclic) bond motifs is 1. The van der Waals surface area contributed by atoms with Gasteiger partial charge in [-0.2, -0.15) is 0 Å². The second kappa shape index (κ2) is 5.02. The third kappa shape index (κ3) is 2.46. The summed E-state index contributed by atoms with van der Waals surface area (Å²) in [6.45, 7) is 4.20. The smallest absolute Gasteiger partial charge is 0.309 e. The van der Waals surface area contributed by atoms with Crippen molar-refractivity contribution in [1.29, 1.82) is 0 Å². The van der Waals surface area contributed by atoms with Crippen molar-refractivity contribution in [1.82, 2.24) is 4.57 Å². The van der Waals surface area contributed by atoms with E-state index in [0.29, 0.717) is 17.1 Å². The van der Waals surface area contributed by atoms with Gasteiger partial charge in [-0.1, -0.05) is 26.0 Å².